The summed E-state index contributed by atoms with van der Waals surface area (Å²) in [7, 11) is 4.74. The number of nitrogens with one attached hydrogen (secondary N) is 1. The van der Waals surface area contributed by atoms with Crippen LogP contribution in [-0.2, 0) is 4.79 Å². The Kier molecular flexibility index (Phi) is 5.46. The average Bonchev–Trinajstić information content (AvgIpc) is 3.30. The number of halogens is 1. The lowest BCUT2D eigenvalue weighted by Crippen LogP contribution is -2.33. The number of carbonyl (C=O) groups is 1. The molecule has 3 aromatic rings. The van der Waals surface area contributed by atoms with Crippen LogP contribution in [0.25, 0.3) is 0 Å². The molecular weight excluding hydrogens is 444 g/mol. The Morgan fingerprint density at radius 3 is 2.33 bits per heavy atom. The molecule has 0 bridgehead atoms. The molecule has 1 N–H and O–H groups in total. The van der Waals surface area contributed by atoms with Gasteiger partial charge in [-0.1, -0.05) is 23.7 Å². The summed E-state index contributed by atoms with van der Waals surface area (Å²) in [6, 6.07) is 11.0. The van der Waals surface area contributed by atoms with Gasteiger partial charge in [0.2, 0.25) is 11.7 Å². The molecule has 0 amide bonds. The minimum absolute atomic E-state index is 0.0576. The van der Waals surface area contributed by atoms with E-state index in [2.05, 4.69) is 15.4 Å². The predicted molar refractivity (Wildman–Crippen MR) is 123 cm³/mol. The van der Waals surface area contributed by atoms with Crippen LogP contribution in [0.15, 0.2) is 54.0 Å². The van der Waals surface area contributed by atoms with E-state index in [0.717, 1.165) is 16.8 Å². The fourth-order valence-electron chi connectivity index (χ4n) is 4.68. The molecular formula is C24H23ClN4O4. The Hall–Kier alpha value is -3.52. The van der Waals surface area contributed by atoms with Gasteiger partial charge in [-0.2, -0.15) is 10.1 Å². The van der Waals surface area contributed by atoms with Crippen molar-refractivity contribution in [3.05, 3.63) is 70.1 Å². The van der Waals surface area contributed by atoms with E-state index in [4.69, 9.17) is 25.8 Å². The molecule has 33 heavy (non-hydrogen) atoms. The van der Waals surface area contributed by atoms with E-state index in [1.54, 1.807) is 26.0 Å². The minimum atomic E-state index is -0.357. The highest BCUT2D eigenvalue weighted by atomic mass is 35.5. The van der Waals surface area contributed by atoms with Gasteiger partial charge in [-0.15, -0.1) is 0 Å². The van der Waals surface area contributed by atoms with Crippen LogP contribution < -0.4 is 19.5 Å². The summed E-state index contributed by atoms with van der Waals surface area (Å²) in [4.78, 5) is 17.9. The fraction of sp³-hybridized carbons (Fsp3) is 0.292. The molecule has 170 valence electrons. The normalized spacial score (nSPS) is 19.5. The number of ether oxygens (including phenoxy) is 3. The van der Waals surface area contributed by atoms with Crippen molar-refractivity contribution in [2.24, 2.45) is 0 Å². The van der Waals surface area contributed by atoms with Crippen LogP contribution in [0.5, 0.6) is 17.2 Å². The van der Waals surface area contributed by atoms with Crippen LogP contribution in [0, 0.1) is 0 Å². The second-order valence-electron chi connectivity index (χ2n) is 7.99. The van der Waals surface area contributed by atoms with Crippen molar-refractivity contribution in [3.63, 3.8) is 0 Å². The molecule has 1 aliphatic carbocycles. The third-order valence-electron chi connectivity index (χ3n) is 6.21. The van der Waals surface area contributed by atoms with Gasteiger partial charge in [0, 0.05) is 22.7 Å². The molecule has 8 nitrogen and oxygen atoms in total. The van der Waals surface area contributed by atoms with Gasteiger partial charge in [0.1, 0.15) is 12.4 Å². The molecule has 0 saturated carbocycles. The Balaban J connectivity index is 1.57. The summed E-state index contributed by atoms with van der Waals surface area (Å²) in [5.74, 6) is 2.26. The number of aromatic nitrogens is 3. The zero-order chi connectivity index (χ0) is 23.1. The standard InChI is InChI=1S/C24H23ClN4O4/c1-31-19-10-15(11-20(32-2)23(19)33-3)14-8-17-21(18(30)9-14)22(13-4-6-16(25)7-5-13)29-24(28-17)26-12-27-29/h4-7,10-12,14,22H,8-9H2,1-3H3,(H,26,27,28)/t14-,22+/m1/s1. The zero-order valence-electron chi connectivity index (χ0n) is 18.5. The summed E-state index contributed by atoms with van der Waals surface area (Å²) < 4.78 is 18.2. The van der Waals surface area contributed by atoms with Crippen molar-refractivity contribution in [1.82, 2.24) is 14.8 Å². The van der Waals surface area contributed by atoms with Gasteiger partial charge in [0.05, 0.1) is 21.3 Å². The van der Waals surface area contributed by atoms with Gasteiger partial charge >= 0.3 is 0 Å². The number of anilines is 1. The van der Waals surface area contributed by atoms with Crippen LogP contribution in [0.2, 0.25) is 5.02 Å². The molecule has 2 aliphatic rings. The van der Waals surface area contributed by atoms with Crippen LogP contribution >= 0.6 is 11.6 Å². The minimum Gasteiger partial charge on any atom is -0.493 e. The van der Waals surface area contributed by atoms with Crippen molar-refractivity contribution < 1.29 is 19.0 Å². The molecule has 0 spiro atoms. The van der Waals surface area contributed by atoms with E-state index >= 15 is 0 Å². The smallest absolute Gasteiger partial charge is 0.226 e. The lowest BCUT2D eigenvalue weighted by atomic mass is 9.78. The monoisotopic (exact) mass is 466 g/mol. The van der Waals surface area contributed by atoms with Gasteiger partial charge in [0.25, 0.3) is 0 Å². The maximum absolute atomic E-state index is 13.6. The van der Waals surface area contributed by atoms with Gasteiger partial charge in [-0.05, 0) is 47.7 Å². The largest absolute Gasteiger partial charge is 0.493 e. The molecule has 9 heteroatoms. The van der Waals surface area contributed by atoms with Gasteiger partial charge < -0.3 is 19.5 Å². The van der Waals surface area contributed by atoms with E-state index in [9.17, 15) is 4.79 Å². The van der Waals surface area contributed by atoms with Crippen molar-refractivity contribution in [3.8, 4) is 17.2 Å². The number of fused-ring (bicyclic) bond motifs is 1. The number of hydrogen-bond acceptors (Lipinski definition) is 7. The molecule has 1 aromatic heterocycles. The van der Waals surface area contributed by atoms with E-state index < -0.39 is 0 Å². The quantitative estimate of drug-likeness (QED) is 0.597. The van der Waals surface area contributed by atoms with Crippen LogP contribution in [0.1, 0.15) is 35.9 Å². The Morgan fingerprint density at radius 2 is 1.70 bits per heavy atom. The van der Waals surface area contributed by atoms with E-state index in [0.29, 0.717) is 46.6 Å². The summed E-state index contributed by atoms with van der Waals surface area (Å²) in [5.41, 5.74) is 3.44. The molecule has 2 heterocycles. The molecule has 0 unspecified atom stereocenters. The molecule has 5 rings (SSSR count). The van der Waals surface area contributed by atoms with Crippen molar-refractivity contribution in [2.45, 2.75) is 24.8 Å². The zero-order valence-corrected chi connectivity index (χ0v) is 19.2. The lowest BCUT2D eigenvalue weighted by Gasteiger charge is -2.35. The van der Waals surface area contributed by atoms with Gasteiger partial charge in [-0.25, -0.2) is 4.68 Å². The number of Topliss-reactive ketones (excluding diaryl/α,β-unsaturated/α-hetero) is 1. The number of methoxy groups -OCH3 is 3. The highest BCUT2D eigenvalue weighted by Gasteiger charge is 2.39. The number of hydrogen-bond donors (Lipinski definition) is 1. The maximum Gasteiger partial charge on any atom is 0.226 e. The number of rotatable bonds is 5. The number of ketones is 1. The number of nitrogens with zero attached hydrogens (tertiary/aromatic N) is 3. The molecule has 2 atom stereocenters. The SMILES string of the molecule is COc1cc([C@H]2CC(=O)C3=C(C2)Nc2ncnn2[C@H]3c2ccc(Cl)cc2)cc(OC)c1OC. The summed E-state index contributed by atoms with van der Waals surface area (Å²) >= 11 is 6.10. The third kappa shape index (κ3) is 3.60. The van der Waals surface area contributed by atoms with Crippen molar-refractivity contribution >= 4 is 23.3 Å². The molecule has 0 radical (unpaired) electrons. The number of carbonyl (C=O) groups excluding carboxylic acids is 1. The van der Waals surface area contributed by atoms with Crippen LogP contribution in [-0.4, -0.2) is 41.9 Å². The molecule has 0 saturated heterocycles. The van der Waals surface area contributed by atoms with Crippen LogP contribution in [0.4, 0.5) is 5.95 Å². The molecule has 0 fully saturated rings. The number of benzene rings is 2. The third-order valence-corrected chi connectivity index (χ3v) is 6.46. The molecule has 2 aromatic carbocycles. The molecule has 1 aliphatic heterocycles. The summed E-state index contributed by atoms with van der Waals surface area (Å²) in [5, 5.41) is 8.35. The highest BCUT2D eigenvalue weighted by molar-refractivity contribution is 6.30. The first-order valence-corrected chi connectivity index (χ1v) is 10.9. The van der Waals surface area contributed by atoms with Gasteiger partial charge in [0.15, 0.2) is 17.3 Å². The average molecular weight is 467 g/mol. The van der Waals surface area contributed by atoms with Gasteiger partial charge in [-0.3, -0.25) is 4.79 Å². The second-order valence-corrected chi connectivity index (χ2v) is 8.42. The van der Waals surface area contributed by atoms with E-state index in [1.165, 1.54) is 6.33 Å². The Labute approximate surface area is 196 Å². The van der Waals surface area contributed by atoms with Crippen molar-refractivity contribution in [1.29, 1.82) is 0 Å². The first-order valence-electron chi connectivity index (χ1n) is 10.5. The highest BCUT2D eigenvalue weighted by Crippen LogP contribution is 2.47. The Morgan fingerprint density at radius 1 is 1.00 bits per heavy atom. The topological polar surface area (TPSA) is 87.5 Å². The second kappa shape index (κ2) is 8.44. The van der Waals surface area contributed by atoms with Crippen LogP contribution in [0.3, 0.4) is 0 Å². The fourth-order valence-corrected chi connectivity index (χ4v) is 4.80. The van der Waals surface area contributed by atoms with E-state index in [1.807, 2.05) is 36.4 Å². The maximum atomic E-state index is 13.6. The number of allylic oxidation sites excluding steroid dienone is 2. The Bertz CT molecular complexity index is 1230. The van der Waals surface area contributed by atoms with E-state index in [-0.39, 0.29) is 17.7 Å². The first kappa shape index (κ1) is 21.3. The summed E-state index contributed by atoms with van der Waals surface area (Å²) in [6.07, 6.45) is 2.48. The lowest BCUT2D eigenvalue weighted by molar-refractivity contribution is -0.116. The first-order chi connectivity index (χ1) is 16.0. The summed E-state index contributed by atoms with van der Waals surface area (Å²) in [6.45, 7) is 0. The van der Waals surface area contributed by atoms with Crippen molar-refractivity contribution in [2.75, 3.05) is 26.6 Å². The predicted octanol–water partition coefficient (Wildman–Crippen LogP) is 4.37.